The maximum Gasteiger partial charge on any atom is 0.0355 e. The van der Waals surface area contributed by atoms with Crippen LogP contribution in [0.4, 0.5) is 0 Å². The van der Waals surface area contributed by atoms with E-state index in [4.69, 9.17) is 0 Å². The number of hydrogen-bond acceptors (Lipinski definition) is 2. The van der Waals surface area contributed by atoms with Crippen molar-refractivity contribution in [2.24, 2.45) is 0 Å². The highest BCUT2D eigenvalue weighted by molar-refractivity contribution is 7.26. The first-order valence-electron chi connectivity index (χ1n) is 21.3. The van der Waals surface area contributed by atoms with Crippen molar-refractivity contribution in [3.8, 4) is 66.8 Å². The van der Waals surface area contributed by atoms with Crippen molar-refractivity contribution in [2.45, 2.75) is 0 Å². The van der Waals surface area contributed by atoms with E-state index in [-0.39, 0.29) is 0 Å². The molecule has 0 atom stereocenters. The molecule has 1 aliphatic rings. The molecule has 13 aromatic rings. The first kappa shape index (κ1) is 34.4. The molecule has 0 aliphatic heterocycles. The van der Waals surface area contributed by atoms with Gasteiger partial charge in [-0.3, -0.25) is 0 Å². The molecule has 14 rings (SSSR count). The summed E-state index contributed by atoms with van der Waals surface area (Å²) in [5, 5.41) is 13.0. The molecule has 1 aliphatic carbocycles. The number of thiophene rings is 2. The van der Waals surface area contributed by atoms with E-state index < -0.39 is 0 Å². The zero-order valence-electron chi connectivity index (χ0n) is 33.4. The number of benzene rings is 11. The van der Waals surface area contributed by atoms with E-state index in [1.165, 1.54) is 139 Å². The van der Waals surface area contributed by atoms with Gasteiger partial charge in [0.15, 0.2) is 0 Å². The van der Waals surface area contributed by atoms with Crippen LogP contribution < -0.4 is 0 Å². The average Bonchev–Trinajstić information content (AvgIpc) is 3.91. The van der Waals surface area contributed by atoms with E-state index in [9.17, 15) is 0 Å². The summed E-state index contributed by atoms with van der Waals surface area (Å²) in [6.07, 6.45) is 0. The summed E-state index contributed by atoms with van der Waals surface area (Å²) in [6, 6.07) is 78.0. The Balaban J connectivity index is 1.10. The second-order valence-corrected chi connectivity index (χ2v) is 18.9. The molecule has 0 N–H and O–H groups in total. The fraction of sp³-hybridized carbons (Fsp3) is 0. The molecule has 0 saturated carbocycles. The molecule has 0 amide bonds. The second kappa shape index (κ2) is 13.1. The highest BCUT2D eigenvalue weighted by atomic mass is 32.1. The largest absolute Gasteiger partial charge is 0.135 e. The predicted molar refractivity (Wildman–Crippen MR) is 271 cm³/mol. The number of fused-ring (bicyclic) bond motifs is 20. The highest BCUT2D eigenvalue weighted by Gasteiger charge is 2.26. The minimum Gasteiger partial charge on any atom is -0.135 e. The van der Waals surface area contributed by atoms with Crippen LogP contribution in [0.1, 0.15) is 0 Å². The molecule has 0 spiro atoms. The van der Waals surface area contributed by atoms with Crippen molar-refractivity contribution >= 4 is 95.3 Å². The van der Waals surface area contributed by atoms with Crippen molar-refractivity contribution in [1.82, 2.24) is 0 Å². The molecule has 2 heteroatoms. The first-order chi connectivity index (χ1) is 30.7. The molecular weight excluding hydrogens is 785 g/mol. The third kappa shape index (κ3) is 4.94. The molecule has 0 bridgehead atoms. The lowest BCUT2D eigenvalue weighted by atomic mass is 9.77. The molecule has 0 unspecified atom stereocenters. The lowest BCUT2D eigenvalue weighted by molar-refractivity contribution is 1.52. The van der Waals surface area contributed by atoms with Crippen LogP contribution in [0.25, 0.3) is 139 Å². The van der Waals surface area contributed by atoms with Gasteiger partial charge < -0.3 is 0 Å². The van der Waals surface area contributed by atoms with Crippen LogP contribution in [-0.2, 0) is 0 Å². The lowest BCUT2D eigenvalue weighted by Crippen LogP contribution is -2.00. The molecule has 0 saturated heterocycles. The maximum atomic E-state index is 2.51. The van der Waals surface area contributed by atoms with Gasteiger partial charge in [-0.2, -0.15) is 0 Å². The topological polar surface area (TPSA) is 0 Å². The van der Waals surface area contributed by atoms with Crippen molar-refractivity contribution in [1.29, 1.82) is 0 Å². The Morgan fingerprint density at radius 3 is 1.24 bits per heavy atom. The van der Waals surface area contributed by atoms with Crippen molar-refractivity contribution in [3.63, 3.8) is 0 Å². The summed E-state index contributed by atoms with van der Waals surface area (Å²) in [4.78, 5) is 0. The summed E-state index contributed by atoms with van der Waals surface area (Å²) < 4.78 is 5.30. The van der Waals surface area contributed by atoms with Gasteiger partial charge in [-0.25, -0.2) is 0 Å². The van der Waals surface area contributed by atoms with E-state index >= 15 is 0 Å². The molecule has 0 radical (unpaired) electrons. The van der Waals surface area contributed by atoms with E-state index in [1.54, 1.807) is 0 Å². The van der Waals surface area contributed by atoms with Gasteiger partial charge in [-0.15, -0.1) is 22.7 Å². The van der Waals surface area contributed by atoms with Gasteiger partial charge in [0, 0.05) is 40.3 Å². The summed E-state index contributed by atoms with van der Waals surface area (Å²) in [5.41, 5.74) is 15.0. The normalized spacial score (nSPS) is 12.2. The Bertz CT molecular complexity index is 4050. The molecule has 11 aromatic carbocycles. The average molecular weight is 819 g/mol. The van der Waals surface area contributed by atoms with E-state index in [0.29, 0.717) is 0 Å². The maximum absolute atomic E-state index is 2.51. The van der Waals surface area contributed by atoms with Gasteiger partial charge in [0.05, 0.1) is 0 Å². The smallest absolute Gasteiger partial charge is 0.0355 e. The Kier molecular flexibility index (Phi) is 7.24. The van der Waals surface area contributed by atoms with Crippen LogP contribution >= 0.6 is 22.7 Å². The monoisotopic (exact) mass is 818 g/mol. The molecule has 2 aromatic heterocycles. The fourth-order valence-corrected chi connectivity index (χ4v) is 12.8. The SMILES string of the molecule is c1ccc2c(c1)-c1cc3c4ccccc4c4ccccc4c3cc1-c1cc(-c3ccc4sc5ccccc5c4c3)ccc1-c1cccc(-c3ccc4sc5ccccc5c4c3)c1-2. The molecule has 0 nitrogen and oxygen atoms in total. The Hall–Kier alpha value is -7.36. The van der Waals surface area contributed by atoms with Gasteiger partial charge in [-0.1, -0.05) is 152 Å². The minimum absolute atomic E-state index is 1.22. The van der Waals surface area contributed by atoms with Crippen molar-refractivity contribution in [2.75, 3.05) is 0 Å². The zero-order valence-corrected chi connectivity index (χ0v) is 35.1. The van der Waals surface area contributed by atoms with E-state index in [0.717, 1.165) is 0 Å². The third-order valence-corrected chi connectivity index (χ3v) is 15.7. The minimum atomic E-state index is 1.22. The van der Waals surface area contributed by atoms with Crippen LogP contribution in [0.5, 0.6) is 0 Å². The highest BCUT2D eigenvalue weighted by Crippen LogP contribution is 2.53. The summed E-state index contributed by atoms with van der Waals surface area (Å²) >= 11 is 3.75. The van der Waals surface area contributed by atoms with Crippen LogP contribution in [-0.4, -0.2) is 0 Å². The third-order valence-electron chi connectivity index (χ3n) is 13.4. The molecular formula is C60H34S2. The standard InChI is InChI=1S/C60H34S2/c1-3-14-41-39(12-1)40-13-2-4-15-42(40)51-34-53-49-30-35(36-25-28-58-54(31-36)45-17-7-9-22-56(45)61-58)24-27-44(49)48-21-11-20-38(60(48)47-19-6-5-16-43(47)52(53)33-50(41)51)37-26-29-59-55(32-37)46-18-8-10-23-57(46)62-59/h1-34H. The second-order valence-electron chi connectivity index (χ2n) is 16.7. The van der Waals surface area contributed by atoms with Crippen LogP contribution in [0.15, 0.2) is 206 Å². The van der Waals surface area contributed by atoms with E-state index in [2.05, 4.69) is 206 Å². The first-order valence-corrected chi connectivity index (χ1v) is 22.9. The Labute approximate surface area is 366 Å². The van der Waals surface area contributed by atoms with Gasteiger partial charge in [-0.05, 0) is 154 Å². The molecule has 286 valence electrons. The fourth-order valence-electron chi connectivity index (χ4n) is 10.6. The zero-order chi connectivity index (χ0) is 40.5. The summed E-state index contributed by atoms with van der Waals surface area (Å²) in [6.45, 7) is 0. The Morgan fingerprint density at radius 1 is 0.194 bits per heavy atom. The summed E-state index contributed by atoms with van der Waals surface area (Å²) in [5.74, 6) is 0. The van der Waals surface area contributed by atoms with Crippen LogP contribution in [0.2, 0.25) is 0 Å². The van der Waals surface area contributed by atoms with Gasteiger partial charge in [0.1, 0.15) is 0 Å². The summed E-state index contributed by atoms with van der Waals surface area (Å²) in [7, 11) is 0. The van der Waals surface area contributed by atoms with Gasteiger partial charge in [0.25, 0.3) is 0 Å². The molecule has 2 heterocycles. The van der Waals surface area contributed by atoms with Crippen LogP contribution in [0.3, 0.4) is 0 Å². The van der Waals surface area contributed by atoms with Gasteiger partial charge in [0.2, 0.25) is 0 Å². The van der Waals surface area contributed by atoms with Gasteiger partial charge >= 0.3 is 0 Å². The number of rotatable bonds is 2. The molecule has 62 heavy (non-hydrogen) atoms. The van der Waals surface area contributed by atoms with E-state index in [1.807, 2.05) is 22.7 Å². The lowest BCUT2D eigenvalue weighted by Gasteiger charge is -2.26. The number of hydrogen-bond donors (Lipinski definition) is 0. The van der Waals surface area contributed by atoms with Crippen molar-refractivity contribution < 1.29 is 0 Å². The Morgan fingerprint density at radius 2 is 0.597 bits per heavy atom. The predicted octanol–water partition coefficient (Wildman–Crippen LogP) is 18.2. The quantitative estimate of drug-likeness (QED) is 0.152. The van der Waals surface area contributed by atoms with Crippen molar-refractivity contribution in [3.05, 3.63) is 206 Å². The van der Waals surface area contributed by atoms with Crippen LogP contribution in [0, 0.1) is 0 Å². The molecule has 0 fully saturated rings.